The van der Waals surface area contributed by atoms with E-state index >= 15 is 0 Å². The molecule has 0 radical (unpaired) electrons. The highest BCUT2D eigenvalue weighted by Gasteiger charge is 2.19. The van der Waals surface area contributed by atoms with E-state index in [1.54, 1.807) is 0 Å². The number of hydrogen-bond donors (Lipinski definition) is 1. The van der Waals surface area contributed by atoms with Crippen LogP contribution in [0.5, 0.6) is 5.75 Å². The predicted octanol–water partition coefficient (Wildman–Crippen LogP) is 5.45. The van der Waals surface area contributed by atoms with Crippen LogP contribution in [0.25, 0.3) is 21.8 Å². The van der Waals surface area contributed by atoms with E-state index in [0.29, 0.717) is 29.7 Å². The standard InChI is InChI=1S/C31H27NO5/c33-30-25-10-4-6-12-27(25)32(28-13-7-5-11-26(28)30)18-19-36-24-16-14-22(15-17-24)20-29(31(34)35)37-21-23-8-2-1-3-9-23/h1-17,29H,18-21H2,(H,34,35). The van der Waals surface area contributed by atoms with Gasteiger partial charge in [-0.15, -0.1) is 0 Å². The molecule has 1 heterocycles. The van der Waals surface area contributed by atoms with E-state index in [1.807, 2.05) is 103 Å². The number of rotatable bonds is 10. The fourth-order valence-electron chi connectivity index (χ4n) is 4.50. The molecule has 0 aliphatic carbocycles. The molecule has 0 aliphatic rings. The molecule has 1 atom stereocenters. The highest BCUT2D eigenvalue weighted by Crippen LogP contribution is 2.20. The molecule has 6 nitrogen and oxygen atoms in total. The Bertz CT molecular complexity index is 1520. The van der Waals surface area contributed by atoms with E-state index in [-0.39, 0.29) is 18.5 Å². The van der Waals surface area contributed by atoms with Crippen molar-refractivity contribution in [2.45, 2.75) is 25.7 Å². The van der Waals surface area contributed by atoms with Crippen LogP contribution < -0.4 is 10.2 Å². The molecule has 6 heteroatoms. The van der Waals surface area contributed by atoms with Gasteiger partial charge in [0.25, 0.3) is 0 Å². The molecule has 1 aromatic heterocycles. The van der Waals surface area contributed by atoms with Crippen LogP contribution in [-0.2, 0) is 29.1 Å². The van der Waals surface area contributed by atoms with E-state index in [2.05, 4.69) is 4.57 Å². The summed E-state index contributed by atoms with van der Waals surface area (Å²) in [5.74, 6) is -0.299. The van der Waals surface area contributed by atoms with Gasteiger partial charge in [0.15, 0.2) is 11.5 Å². The number of aliphatic carboxylic acids is 1. The first-order chi connectivity index (χ1) is 18.1. The molecule has 0 amide bonds. The largest absolute Gasteiger partial charge is 0.492 e. The second kappa shape index (κ2) is 11.1. The molecule has 186 valence electrons. The number of carbonyl (C=O) groups is 1. The van der Waals surface area contributed by atoms with Crippen molar-refractivity contribution in [3.8, 4) is 5.75 Å². The Balaban J connectivity index is 1.24. The third kappa shape index (κ3) is 5.55. The number of hydrogen-bond acceptors (Lipinski definition) is 4. The van der Waals surface area contributed by atoms with Crippen molar-refractivity contribution in [2.75, 3.05) is 6.61 Å². The fourth-order valence-corrected chi connectivity index (χ4v) is 4.50. The molecular formula is C31H27NO5. The lowest BCUT2D eigenvalue weighted by molar-refractivity contribution is -0.151. The van der Waals surface area contributed by atoms with Gasteiger partial charge >= 0.3 is 5.97 Å². The molecule has 0 saturated carbocycles. The lowest BCUT2D eigenvalue weighted by Gasteiger charge is -2.16. The van der Waals surface area contributed by atoms with Gasteiger partial charge in [-0.25, -0.2) is 4.79 Å². The highest BCUT2D eigenvalue weighted by atomic mass is 16.5. The summed E-state index contributed by atoms with van der Waals surface area (Å²) in [5, 5.41) is 11.0. The lowest BCUT2D eigenvalue weighted by atomic mass is 10.1. The first kappa shape index (κ1) is 24.3. The summed E-state index contributed by atoms with van der Waals surface area (Å²) in [6, 6.07) is 32.2. The van der Waals surface area contributed by atoms with Crippen LogP contribution in [-0.4, -0.2) is 28.4 Å². The van der Waals surface area contributed by atoms with Crippen LogP contribution in [0.2, 0.25) is 0 Å². The minimum absolute atomic E-state index is 0.0337. The summed E-state index contributed by atoms with van der Waals surface area (Å²) in [4.78, 5) is 24.6. The Labute approximate surface area is 214 Å². The molecule has 1 unspecified atom stereocenters. The first-order valence-corrected chi connectivity index (χ1v) is 12.2. The Hall–Kier alpha value is -4.42. The number of para-hydroxylation sites is 2. The molecule has 4 aromatic carbocycles. The Morgan fingerprint density at radius 2 is 1.35 bits per heavy atom. The van der Waals surface area contributed by atoms with Crippen molar-refractivity contribution >= 4 is 27.8 Å². The molecule has 0 fully saturated rings. The summed E-state index contributed by atoms with van der Waals surface area (Å²) in [7, 11) is 0. The molecule has 1 N–H and O–H groups in total. The number of pyridine rings is 1. The summed E-state index contributed by atoms with van der Waals surface area (Å²) in [5.41, 5.74) is 3.57. The van der Waals surface area contributed by atoms with Crippen LogP contribution >= 0.6 is 0 Å². The highest BCUT2D eigenvalue weighted by molar-refractivity contribution is 5.93. The first-order valence-electron chi connectivity index (χ1n) is 12.2. The predicted molar refractivity (Wildman–Crippen MR) is 144 cm³/mol. The third-order valence-corrected chi connectivity index (χ3v) is 6.38. The average molecular weight is 494 g/mol. The molecule has 5 rings (SSSR count). The van der Waals surface area contributed by atoms with Gasteiger partial charge in [-0.2, -0.15) is 0 Å². The molecule has 0 aliphatic heterocycles. The Morgan fingerprint density at radius 3 is 1.97 bits per heavy atom. The number of nitrogens with zero attached hydrogens (tertiary/aromatic N) is 1. The normalized spacial score (nSPS) is 12.0. The summed E-state index contributed by atoms with van der Waals surface area (Å²) < 4.78 is 13.8. The number of benzene rings is 4. The maximum atomic E-state index is 12.9. The van der Waals surface area contributed by atoms with Crippen LogP contribution in [0.3, 0.4) is 0 Å². The van der Waals surface area contributed by atoms with E-state index in [4.69, 9.17) is 9.47 Å². The Kier molecular flexibility index (Phi) is 7.28. The zero-order chi connectivity index (χ0) is 25.6. The van der Waals surface area contributed by atoms with Gasteiger partial charge in [0.2, 0.25) is 0 Å². The SMILES string of the molecule is O=C(O)C(Cc1ccc(OCCn2c3ccccc3c(=O)c3ccccc32)cc1)OCc1ccccc1. The molecule has 0 saturated heterocycles. The van der Waals surface area contributed by atoms with E-state index in [1.165, 1.54) is 0 Å². The maximum absolute atomic E-state index is 12.9. The van der Waals surface area contributed by atoms with Crippen molar-refractivity contribution < 1.29 is 19.4 Å². The van der Waals surface area contributed by atoms with Crippen molar-refractivity contribution in [1.82, 2.24) is 4.57 Å². The molecule has 0 bridgehead atoms. The number of carboxylic acid groups (broad SMARTS) is 1. The molecule has 37 heavy (non-hydrogen) atoms. The van der Waals surface area contributed by atoms with Gasteiger partial charge in [0.05, 0.1) is 24.2 Å². The van der Waals surface area contributed by atoms with Crippen LogP contribution in [0, 0.1) is 0 Å². The minimum atomic E-state index is -0.989. The van der Waals surface area contributed by atoms with Crippen molar-refractivity contribution in [2.24, 2.45) is 0 Å². The second-order valence-electron chi connectivity index (χ2n) is 8.84. The Morgan fingerprint density at radius 1 is 0.757 bits per heavy atom. The van der Waals surface area contributed by atoms with Crippen molar-refractivity contribution in [3.63, 3.8) is 0 Å². The van der Waals surface area contributed by atoms with Crippen molar-refractivity contribution in [3.05, 3.63) is 124 Å². The number of carboxylic acids is 1. The average Bonchev–Trinajstić information content (AvgIpc) is 2.94. The van der Waals surface area contributed by atoms with Crippen LogP contribution in [0.4, 0.5) is 0 Å². The van der Waals surface area contributed by atoms with Gasteiger partial charge in [-0.1, -0.05) is 66.7 Å². The number of aromatic nitrogens is 1. The van der Waals surface area contributed by atoms with Gasteiger partial charge in [0, 0.05) is 17.2 Å². The third-order valence-electron chi connectivity index (χ3n) is 6.38. The molecule has 0 spiro atoms. The number of ether oxygens (including phenoxy) is 2. The van der Waals surface area contributed by atoms with E-state index < -0.39 is 12.1 Å². The zero-order valence-electron chi connectivity index (χ0n) is 20.2. The van der Waals surface area contributed by atoms with Gasteiger partial charge in [-0.3, -0.25) is 4.79 Å². The minimum Gasteiger partial charge on any atom is -0.492 e. The van der Waals surface area contributed by atoms with E-state index in [9.17, 15) is 14.7 Å². The molecule has 5 aromatic rings. The smallest absolute Gasteiger partial charge is 0.333 e. The monoisotopic (exact) mass is 493 g/mol. The molecular weight excluding hydrogens is 466 g/mol. The van der Waals surface area contributed by atoms with E-state index in [0.717, 1.165) is 22.2 Å². The van der Waals surface area contributed by atoms with Crippen molar-refractivity contribution in [1.29, 1.82) is 0 Å². The summed E-state index contributed by atoms with van der Waals surface area (Å²) >= 11 is 0. The summed E-state index contributed by atoms with van der Waals surface area (Å²) in [6.07, 6.45) is -0.674. The van der Waals surface area contributed by atoms with Crippen LogP contribution in [0.1, 0.15) is 11.1 Å². The van der Waals surface area contributed by atoms with Gasteiger partial charge < -0.3 is 19.1 Å². The summed E-state index contributed by atoms with van der Waals surface area (Å²) in [6.45, 7) is 1.22. The van der Waals surface area contributed by atoms with Crippen LogP contribution in [0.15, 0.2) is 108 Å². The quantitative estimate of drug-likeness (QED) is 0.262. The lowest BCUT2D eigenvalue weighted by Crippen LogP contribution is -2.26. The van der Waals surface area contributed by atoms with Gasteiger partial charge in [-0.05, 0) is 47.5 Å². The van der Waals surface area contributed by atoms with Gasteiger partial charge in [0.1, 0.15) is 12.4 Å². The topological polar surface area (TPSA) is 77.8 Å². The maximum Gasteiger partial charge on any atom is 0.333 e. The second-order valence-corrected chi connectivity index (χ2v) is 8.84. The zero-order valence-corrected chi connectivity index (χ0v) is 20.2. The fraction of sp³-hybridized carbons (Fsp3) is 0.161. The number of fused-ring (bicyclic) bond motifs is 2.